The zero-order chi connectivity index (χ0) is 11.9. The summed E-state index contributed by atoms with van der Waals surface area (Å²) in [4.78, 5) is 0. The third kappa shape index (κ3) is 2.72. The van der Waals surface area contributed by atoms with Crippen molar-refractivity contribution < 1.29 is 8.42 Å². The molecule has 0 aromatic carbocycles. The molecular formula is C11H23NO2S. The van der Waals surface area contributed by atoms with Crippen LogP contribution >= 0.6 is 0 Å². The molecule has 0 spiro atoms. The summed E-state index contributed by atoms with van der Waals surface area (Å²) >= 11 is 0. The van der Waals surface area contributed by atoms with E-state index < -0.39 is 10.0 Å². The van der Waals surface area contributed by atoms with Crippen LogP contribution in [0, 0.1) is 10.8 Å². The second-order valence-electron chi connectivity index (χ2n) is 5.97. The van der Waals surface area contributed by atoms with E-state index in [1.807, 2.05) is 0 Å². The van der Waals surface area contributed by atoms with Gasteiger partial charge in [-0.25, -0.2) is 12.7 Å². The number of piperidine rings is 1. The molecule has 0 aliphatic carbocycles. The third-order valence-electron chi connectivity index (χ3n) is 4.11. The Hall–Kier alpha value is -0.0900. The minimum Gasteiger partial charge on any atom is -0.213 e. The summed E-state index contributed by atoms with van der Waals surface area (Å²) in [5.74, 6) is 0. The largest absolute Gasteiger partial charge is 0.213 e. The quantitative estimate of drug-likeness (QED) is 0.695. The van der Waals surface area contributed by atoms with E-state index in [2.05, 4.69) is 27.7 Å². The van der Waals surface area contributed by atoms with E-state index in [0.29, 0.717) is 13.1 Å². The molecule has 0 aromatic heterocycles. The van der Waals surface area contributed by atoms with Gasteiger partial charge in [0.25, 0.3) is 0 Å². The second-order valence-corrected chi connectivity index (χ2v) is 7.96. The minimum absolute atomic E-state index is 0.247. The van der Waals surface area contributed by atoms with Gasteiger partial charge in [0.05, 0.1) is 6.26 Å². The van der Waals surface area contributed by atoms with E-state index in [9.17, 15) is 8.42 Å². The van der Waals surface area contributed by atoms with E-state index in [1.54, 1.807) is 4.31 Å². The van der Waals surface area contributed by atoms with Crippen LogP contribution in [0.5, 0.6) is 0 Å². The summed E-state index contributed by atoms with van der Waals surface area (Å²) in [6.45, 7) is 10.3. The number of nitrogens with zero attached hydrogens (tertiary/aromatic N) is 1. The first-order valence-electron chi connectivity index (χ1n) is 5.51. The lowest BCUT2D eigenvalue weighted by atomic mass is 9.63. The standard InChI is InChI=1S/C11H23NO2S/c1-10(2,3)11(4)6-8-12(9-7-11)15(5,13)14/h6-9H2,1-5H3. The average molecular weight is 233 g/mol. The molecular weight excluding hydrogens is 210 g/mol. The predicted octanol–water partition coefficient (Wildman–Crippen LogP) is 2.09. The Morgan fingerprint density at radius 1 is 1.13 bits per heavy atom. The Labute approximate surface area is 93.9 Å². The first kappa shape index (κ1) is 13.0. The normalized spacial score (nSPS) is 24.1. The van der Waals surface area contributed by atoms with Crippen molar-refractivity contribution in [2.24, 2.45) is 10.8 Å². The van der Waals surface area contributed by atoms with Gasteiger partial charge in [-0.05, 0) is 23.7 Å². The molecule has 90 valence electrons. The van der Waals surface area contributed by atoms with Gasteiger partial charge in [0, 0.05) is 13.1 Å². The lowest BCUT2D eigenvalue weighted by Crippen LogP contribution is -2.46. The first-order chi connectivity index (χ1) is 6.56. The summed E-state index contributed by atoms with van der Waals surface area (Å²) in [5.41, 5.74) is 0.505. The van der Waals surface area contributed by atoms with Crippen LogP contribution in [0.3, 0.4) is 0 Å². The molecule has 0 atom stereocenters. The van der Waals surface area contributed by atoms with Crippen LogP contribution in [0.4, 0.5) is 0 Å². The van der Waals surface area contributed by atoms with Gasteiger partial charge >= 0.3 is 0 Å². The molecule has 4 heteroatoms. The van der Waals surface area contributed by atoms with Crippen LogP contribution in [0.2, 0.25) is 0 Å². The minimum atomic E-state index is -2.99. The molecule has 1 aliphatic heterocycles. The van der Waals surface area contributed by atoms with Gasteiger partial charge in [0.2, 0.25) is 10.0 Å². The highest BCUT2D eigenvalue weighted by molar-refractivity contribution is 7.88. The highest BCUT2D eigenvalue weighted by Crippen LogP contribution is 2.46. The van der Waals surface area contributed by atoms with Gasteiger partial charge in [0.1, 0.15) is 0 Å². The molecule has 0 saturated carbocycles. The van der Waals surface area contributed by atoms with Gasteiger partial charge in [-0.3, -0.25) is 0 Å². The summed E-state index contributed by atoms with van der Waals surface area (Å²) in [7, 11) is -2.99. The zero-order valence-corrected chi connectivity index (χ0v) is 11.3. The van der Waals surface area contributed by atoms with Crippen molar-refractivity contribution >= 4 is 10.0 Å². The molecule has 1 saturated heterocycles. The molecule has 3 nitrogen and oxygen atoms in total. The van der Waals surface area contributed by atoms with Crippen molar-refractivity contribution in [3.63, 3.8) is 0 Å². The molecule has 1 rings (SSSR count). The molecule has 0 N–H and O–H groups in total. The van der Waals surface area contributed by atoms with Gasteiger partial charge in [0.15, 0.2) is 0 Å². The Balaban J connectivity index is 2.72. The van der Waals surface area contributed by atoms with Crippen LogP contribution < -0.4 is 0 Å². The number of hydrogen-bond acceptors (Lipinski definition) is 2. The molecule has 15 heavy (non-hydrogen) atoms. The van der Waals surface area contributed by atoms with Crippen LogP contribution in [-0.2, 0) is 10.0 Å². The van der Waals surface area contributed by atoms with Crippen molar-refractivity contribution in [2.75, 3.05) is 19.3 Å². The fraction of sp³-hybridized carbons (Fsp3) is 1.00. The Bertz CT molecular complexity index is 319. The molecule has 0 bridgehead atoms. The first-order valence-corrected chi connectivity index (χ1v) is 7.36. The van der Waals surface area contributed by atoms with Gasteiger partial charge < -0.3 is 0 Å². The van der Waals surface area contributed by atoms with E-state index in [-0.39, 0.29) is 10.8 Å². The fourth-order valence-corrected chi connectivity index (χ4v) is 2.91. The topological polar surface area (TPSA) is 37.4 Å². The Kier molecular flexibility index (Phi) is 3.23. The molecule has 1 heterocycles. The lowest BCUT2D eigenvalue weighted by Gasteiger charge is -2.47. The molecule has 1 aliphatic rings. The van der Waals surface area contributed by atoms with E-state index in [0.717, 1.165) is 12.8 Å². The Morgan fingerprint density at radius 3 is 1.80 bits per heavy atom. The van der Waals surface area contributed by atoms with E-state index in [1.165, 1.54) is 6.26 Å². The van der Waals surface area contributed by atoms with E-state index in [4.69, 9.17) is 0 Å². The van der Waals surface area contributed by atoms with Crippen molar-refractivity contribution in [3.8, 4) is 0 Å². The second kappa shape index (κ2) is 3.74. The highest BCUT2D eigenvalue weighted by atomic mass is 32.2. The van der Waals surface area contributed by atoms with Gasteiger partial charge in [-0.2, -0.15) is 0 Å². The number of rotatable bonds is 1. The van der Waals surface area contributed by atoms with Crippen LogP contribution in [0.1, 0.15) is 40.5 Å². The smallest absolute Gasteiger partial charge is 0.211 e. The lowest BCUT2D eigenvalue weighted by molar-refractivity contribution is 0.0463. The maximum atomic E-state index is 11.4. The van der Waals surface area contributed by atoms with E-state index >= 15 is 0 Å². The summed E-state index contributed by atoms with van der Waals surface area (Å²) in [6, 6.07) is 0. The molecule has 0 radical (unpaired) electrons. The molecule has 1 fully saturated rings. The van der Waals surface area contributed by atoms with Crippen LogP contribution in [-0.4, -0.2) is 32.1 Å². The summed E-state index contributed by atoms with van der Waals surface area (Å²) in [5, 5.41) is 0. The zero-order valence-electron chi connectivity index (χ0n) is 10.5. The van der Waals surface area contributed by atoms with Crippen molar-refractivity contribution in [1.82, 2.24) is 4.31 Å². The summed E-state index contributed by atoms with van der Waals surface area (Å²) < 4.78 is 24.3. The maximum Gasteiger partial charge on any atom is 0.211 e. The monoisotopic (exact) mass is 233 g/mol. The summed E-state index contributed by atoms with van der Waals surface area (Å²) in [6.07, 6.45) is 3.22. The molecule has 0 aromatic rings. The maximum absolute atomic E-state index is 11.4. The predicted molar refractivity (Wildman–Crippen MR) is 63.2 cm³/mol. The average Bonchev–Trinajstić information content (AvgIpc) is 2.01. The van der Waals surface area contributed by atoms with Gasteiger partial charge in [-0.1, -0.05) is 27.7 Å². The van der Waals surface area contributed by atoms with Crippen LogP contribution in [0.25, 0.3) is 0 Å². The van der Waals surface area contributed by atoms with Gasteiger partial charge in [-0.15, -0.1) is 0 Å². The SMILES string of the molecule is CC(C)(C)C1(C)CCN(S(C)(=O)=O)CC1. The van der Waals surface area contributed by atoms with Crippen molar-refractivity contribution in [1.29, 1.82) is 0 Å². The third-order valence-corrected chi connectivity index (χ3v) is 5.41. The van der Waals surface area contributed by atoms with Crippen LogP contribution in [0.15, 0.2) is 0 Å². The molecule has 0 amide bonds. The molecule has 0 unspecified atom stereocenters. The number of sulfonamides is 1. The highest BCUT2D eigenvalue weighted by Gasteiger charge is 2.41. The van der Waals surface area contributed by atoms with Crippen molar-refractivity contribution in [3.05, 3.63) is 0 Å². The fourth-order valence-electron chi connectivity index (χ4n) is 2.06. The number of hydrogen-bond donors (Lipinski definition) is 0. The Morgan fingerprint density at radius 2 is 1.53 bits per heavy atom. The van der Waals surface area contributed by atoms with Crippen molar-refractivity contribution in [2.45, 2.75) is 40.5 Å².